The van der Waals surface area contributed by atoms with Crippen LogP contribution in [0.1, 0.15) is 17.8 Å². The first-order valence-corrected chi connectivity index (χ1v) is 8.34. The molecular weight excluding hydrogens is 266 g/mol. The van der Waals surface area contributed by atoms with E-state index >= 15 is 0 Å². The van der Waals surface area contributed by atoms with Crippen LogP contribution in [-0.4, -0.2) is 14.7 Å². The third-order valence-electron chi connectivity index (χ3n) is 2.62. The third kappa shape index (κ3) is 3.11. The second kappa shape index (κ2) is 5.12. The van der Waals surface area contributed by atoms with Gasteiger partial charge in [-0.25, -0.2) is 8.42 Å². The molecular formula is C13H15NO2S2. The lowest BCUT2D eigenvalue weighted by molar-refractivity contribution is 0.602. The van der Waals surface area contributed by atoms with Crippen LogP contribution in [0.15, 0.2) is 46.7 Å². The minimum absolute atomic E-state index is 0.166. The Labute approximate surface area is 111 Å². The lowest BCUT2D eigenvalue weighted by Gasteiger charge is -2.14. The topological polar surface area (TPSA) is 46.2 Å². The minimum atomic E-state index is -3.15. The monoisotopic (exact) mass is 281 g/mol. The van der Waals surface area contributed by atoms with Gasteiger partial charge in [-0.15, -0.1) is 11.3 Å². The van der Waals surface area contributed by atoms with Crippen molar-refractivity contribution in [3.8, 4) is 0 Å². The minimum Gasteiger partial charge on any atom is -0.378 e. The van der Waals surface area contributed by atoms with Crippen LogP contribution in [0.3, 0.4) is 0 Å². The Morgan fingerprint density at radius 1 is 1.22 bits per heavy atom. The molecule has 96 valence electrons. The van der Waals surface area contributed by atoms with Gasteiger partial charge in [-0.2, -0.15) is 0 Å². The lowest BCUT2D eigenvalue weighted by atomic mass is 10.2. The molecule has 1 atom stereocenters. The van der Waals surface area contributed by atoms with Crippen LogP contribution in [0.2, 0.25) is 0 Å². The third-order valence-corrected chi connectivity index (χ3v) is 4.78. The standard InChI is InChI=1S/C13H15NO2S2/c1-10(13-7-4-8-17-13)14-11-5-3-6-12(9-11)18(2,15)16/h3-10,14H,1-2H3. The fourth-order valence-electron chi connectivity index (χ4n) is 1.68. The smallest absolute Gasteiger partial charge is 0.175 e. The highest BCUT2D eigenvalue weighted by Crippen LogP contribution is 2.24. The van der Waals surface area contributed by atoms with Gasteiger partial charge in [0.25, 0.3) is 0 Å². The van der Waals surface area contributed by atoms with Crippen LogP contribution in [0.5, 0.6) is 0 Å². The summed E-state index contributed by atoms with van der Waals surface area (Å²) in [6.45, 7) is 2.05. The van der Waals surface area contributed by atoms with Gasteiger partial charge < -0.3 is 5.32 Å². The van der Waals surface area contributed by atoms with Crippen molar-refractivity contribution in [1.82, 2.24) is 0 Å². The Morgan fingerprint density at radius 2 is 2.00 bits per heavy atom. The largest absolute Gasteiger partial charge is 0.378 e. The first kappa shape index (κ1) is 13.1. The molecule has 18 heavy (non-hydrogen) atoms. The second-order valence-electron chi connectivity index (χ2n) is 4.18. The van der Waals surface area contributed by atoms with Crippen LogP contribution < -0.4 is 5.32 Å². The van der Waals surface area contributed by atoms with Gasteiger partial charge in [-0.1, -0.05) is 12.1 Å². The summed E-state index contributed by atoms with van der Waals surface area (Å²) in [5.41, 5.74) is 0.818. The molecule has 5 heteroatoms. The summed E-state index contributed by atoms with van der Waals surface area (Å²) in [6.07, 6.45) is 1.22. The normalized spacial score (nSPS) is 13.2. The maximum Gasteiger partial charge on any atom is 0.175 e. The molecule has 0 saturated heterocycles. The maximum absolute atomic E-state index is 11.5. The number of hydrogen-bond acceptors (Lipinski definition) is 4. The number of thiophene rings is 1. The van der Waals surface area contributed by atoms with Gasteiger partial charge in [0.1, 0.15) is 0 Å². The molecule has 0 aliphatic heterocycles. The first-order valence-electron chi connectivity index (χ1n) is 5.57. The van der Waals surface area contributed by atoms with E-state index in [0.717, 1.165) is 5.69 Å². The second-order valence-corrected chi connectivity index (χ2v) is 7.18. The lowest BCUT2D eigenvalue weighted by Crippen LogP contribution is -2.05. The Bertz CT molecular complexity index is 618. The molecule has 0 fully saturated rings. The average molecular weight is 281 g/mol. The highest BCUT2D eigenvalue weighted by Gasteiger charge is 2.10. The molecule has 1 heterocycles. The number of rotatable bonds is 4. The Kier molecular flexibility index (Phi) is 3.73. The SMILES string of the molecule is CC(Nc1cccc(S(C)(=O)=O)c1)c1cccs1. The molecule has 1 aromatic heterocycles. The van der Waals surface area contributed by atoms with Crippen molar-refractivity contribution < 1.29 is 8.42 Å². The Morgan fingerprint density at radius 3 is 2.61 bits per heavy atom. The van der Waals surface area contributed by atoms with E-state index in [-0.39, 0.29) is 6.04 Å². The quantitative estimate of drug-likeness (QED) is 0.935. The van der Waals surface area contributed by atoms with Gasteiger partial charge in [-0.3, -0.25) is 0 Å². The van der Waals surface area contributed by atoms with E-state index in [1.54, 1.807) is 29.5 Å². The van der Waals surface area contributed by atoms with Gasteiger partial charge >= 0.3 is 0 Å². The number of sulfone groups is 1. The van der Waals surface area contributed by atoms with E-state index in [0.29, 0.717) is 4.90 Å². The molecule has 0 spiro atoms. The average Bonchev–Trinajstić information content (AvgIpc) is 2.81. The van der Waals surface area contributed by atoms with Gasteiger partial charge in [-0.05, 0) is 36.6 Å². The van der Waals surface area contributed by atoms with Crippen molar-refractivity contribution in [2.75, 3.05) is 11.6 Å². The molecule has 0 aliphatic carbocycles. The van der Waals surface area contributed by atoms with Crippen LogP contribution in [-0.2, 0) is 9.84 Å². The fraction of sp³-hybridized carbons (Fsp3) is 0.231. The zero-order valence-electron chi connectivity index (χ0n) is 10.3. The molecule has 2 aromatic rings. The molecule has 1 unspecified atom stereocenters. The van der Waals surface area contributed by atoms with Crippen molar-refractivity contribution >= 4 is 26.9 Å². The molecule has 0 radical (unpaired) electrons. The maximum atomic E-state index is 11.5. The summed E-state index contributed by atoms with van der Waals surface area (Å²) >= 11 is 1.68. The summed E-state index contributed by atoms with van der Waals surface area (Å²) < 4.78 is 22.9. The van der Waals surface area contributed by atoms with Crippen LogP contribution >= 0.6 is 11.3 Å². The van der Waals surface area contributed by atoms with Crippen molar-refractivity contribution in [2.45, 2.75) is 17.9 Å². The molecule has 0 aliphatic rings. The highest BCUT2D eigenvalue weighted by atomic mass is 32.2. The van der Waals surface area contributed by atoms with E-state index in [4.69, 9.17) is 0 Å². The predicted molar refractivity (Wildman–Crippen MR) is 75.9 cm³/mol. The summed E-state index contributed by atoms with van der Waals surface area (Å²) in [5.74, 6) is 0. The zero-order chi connectivity index (χ0) is 13.2. The molecule has 1 N–H and O–H groups in total. The van der Waals surface area contributed by atoms with E-state index in [1.807, 2.05) is 17.5 Å². The van der Waals surface area contributed by atoms with E-state index < -0.39 is 9.84 Å². The molecule has 0 saturated carbocycles. The summed E-state index contributed by atoms with van der Waals surface area (Å²) in [7, 11) is -3.15. The Balaban J connectivity index is 2.20. The van der Waals surface area contributed by atoms with Gasteiger partial charge in [0.15, 0.2) is 9.84 Å². The predicted octanol–water partition coefficient (Wildman–Crippen LogP) is 3.32. The van der Waals surface area contributed by atoms with Crippen LogP contribution in [0, 0.1) is 0 Å². The van der Waals surface area contributed by atoms with Gasteiger partial charge in [0, 0.05) is 16.8 Å². The molecule has 1 aromatic carbocycles. The van der Waals surface area contributed by atoms with Crippen LogP contribution in [0.25, 0.3) is 0 Å². The molecule has 2 rings (SSSR count). The number of anilines is 1. The Hall–Kier alpha value is -1.33. The number of nitrogens with one attached hydrogen (secondary N) is 1. The summed E-state index contributed by atoms with van der Waals surface area (Å²) in [4.78, 5) is 1.56. The van der Waals surface area contributed by atoms with Crippen molar-refractivity contribution in [2.24, 2.45) is 0 Å². The van der Waals surface area contributed by atoms with E-state index in [9.17, 15) is 8.42 Å². The molecule has 0 amide bonds. The van der Waals surface area contributed by atoms with Gasteiger partial charge in [0.05, 0.1) is 10.9 Å². The summed E-state index contributed by atoms with van der Waals surface area (Å²) in [6, 6.07) is 11.1. The van der Waals surface area contributed by atoms with E-state index in [1.165, 1.54) is 11.1 Å². The number of benzene rings is 1. The van der Waals surface area contributed by atoms with E-state index in [2.05, 4.69) is 18.3 Å². The first-order chi connectivity index (χ1) is 8.47. The van der Waals surface area contributed by atoms with Crippen LogP contribution in [0.4, 0.5) is 5.69 Å². The van der Waals surface area contributed by atoms with Gasteiger partial charge in [0.2, 0.25) is 0 Å². The van der Waals surface area contributed by atoms with Crippen molar-refractivity contribution in [3.05, 3.63) is 46.7 Å². The molecule has 3 nitrogen and oxygen atoms in total. The zero-order valence-corrected chi connectivity index (χ0v) is 11.9. The van der Waals surface area contributed by atoms with Crippen molar-refractivity contribution in [1.29, 1.82) is 0 Å². The number of hydrogen-bond donors (Lipinski definition) is 1. The van der Waals surface area contributed by atoms with Crippen molar-refractivity contribution in [3.63, 3.8) is 0 Å². The molecule has 0 bridgehead atoms. The fourth-order valence-corrected chi connectivity index (χ4v) is 3.08. The highest BCUT2D eigenvalue weighted by molar-refractivity contribution is 7.90. The summed E-state index contributed by atoms with van der Waals surface area (Å²) in [5, 5.41) is 5.33.